The molecule has 4 heteroatoms. The average molecular weight is 256 g/mol. The van der Waals surface area contributed by atoms with Crippen LogP contribution in [0.15, 0.2) is 28.8 Å². The molecule has 0 spiro atoms. The Labute approximate surface area is 97.0 Å². The van der Waals surface area contributed by atoms with E-state index in [0.29, 0.717) is 10.6 Å². The number of halogens is 4. The number of allylic oxidation sites excluding steroid dienone is 1. The normalized spacial score (nSPS) is 9.85. The van der Waals surface area contributed by atoms with Crippen molar-refractivity contribution in [1.29, 1.82) is 0 Å². The molecule has 1 aromatic rings. The van der Waals surface area contributed by atoms with Crippen LogP contribution in [0.1, 0.15) is 5.56 Å². The van der Waals surface area contributed by atoms with E-state index in [1.54, 1.807) is 12.1 Å². The first-order valence-corrected chi connectivity index (χ1v) is 5.18. The van der Waals surface area contributed by atoms with Gasteiger partial charge in [-0.05, 0) is 17.7 Å². The predicted octanol–water partition coefficient (Wildman–Crippen LogP) is 4.73. The first-order chi connectivity index (χ1) is 6.15. The molecule has 0 nitrogen and oxygen atoms in total. The SMILES string of the molecule is ClCC(=C(Cl)Cl)c1ccc(Cl)cc1. The first-order valence-electron chi connectivity index (χ1n) is 3.51. The standard InChI is InChI=1S/C9H6Cl4/c10-5-8(9(12)13)6-1-3-7(11)4-2-6/h1-4H,5H2. The van der Waals surface area contributed by atoms with Crippen molar-refractivity contribution in [1.82, 2.24) is 0 Å². The molecule has 0 saturated heterocycles. The Balaban J connectivity index is 3.07. The summed E-state index contributed by atoms with van der Waals surface area (Å²) in [5.41, 5.74) is 1.60. The second-order valence-electron chi connectivity index (χ2n) is 2.38. The van der Waals surface area contributed by atoms with Gasteiger partial charge in [0.1, 0.15) is 4.49 Å². The van der Waals surface area contributed by atoms with Crippen LogP contribution in [-0.4, -0.2) is 5.88 Å². The Morgan fingerprint density at radius 2 is 1.62 bits per heavy atom. The molecule has 0 radical (unpaired) electrons. The highest BCUT2D eigenvalue weighted by molar-refractivity contribution is 6.59. The van der Waals surface area contributed by atoms with Gasteiger partial charge in [-0.15, -0.1) is 11.6 Å². The number of rotatable bonds is 2. The molecule has 70 valence electrons. The highest BCUT2D eigenvalue weighted by Gasteiger charge is 2.04. The molecule has 1 rings (SSSR count). The predicted molar refractivity (Wildman–Crippen MR) is 60.8 cm³/mol. The number of benzene rings is 1. The first kappa shape index (κ1) is 11.2. The van der Waals surface area contributed by atoms with Gasteiger partial charge >= 0.3 is 0 Å². The fourth-order valence-corrected chi connectivity index (χ4v) is 1.79. The smallest absolute Gasteiger partial charge is 0.111 e. The number of hydrogen-bond donors (Lipinski definition) is 0. The van der Waals surface area contributed by atoms with Gasteiger partial charge in [0.25, 0.3) is 0 Å². The molecule has 0 N–H and O–H groups in total. The van der Waals surface area contributed by atoms with E-state index in [1.807, 2.05) is 12.1 Å². The van der Waals surface area contributed by atoms with Gasteiger partial charge in [-0.1, -0.05) is 46.9 Å². The maximum atomic E-state index is 5.72. The Morgan fingerprint density at radius 3 is 2.00 bits per heavy atom. The zero-order chi connectivity index (χ0) is 9.84. The van der Waals surface area contributed by atoms with Gasteiger partial charge in [0.05, 0.1) is 5.88 Å². The fraction of sp³-hybridized carbons (Fsp3) is 0.111. The second-order valence-corrected chi connectivity index (χ2v) is 4.03. The maximum absolute atomic E-state index is 5.72. The van der Waals surface area contributed by atoms with Crippen molar-refractivity contribution < 1.29 is 0 Å². The van der Waals surface area contributed by atoms with Gasteiger partial charge in [0.2, 0.25) is 0 Å². The van der Waals surface area contributed by atoms with E-state index in [1.165, 1.54) is 0 Å². The Morgan fingerprint density at radius 1 is 1.08 bits per heavy atom. The third kappa shape index (κ3) is 3.07. The average Bonchev–Trinajstić information content (AvgIpc) is 2.09. The third-order valence-corrected chi connectivity index (χ3v) is 2.53. The molecular formula is C9H6Cl4. The lowest BCUT2D eigenvalue weighted by molar-refractivity contribution is 1.57. The van der Waals surface area contributed by atoms with Crippen LogP contribution in [0.2, 0.25) is 5.02 Å². The molecule has 0 fully saturated rings. The van der Waals surface area contributed by atoms with Crippen LogP contribution in [-0.2, 0) is 0 Å². The summed E-state index contributed by atoms with van der Waals surface area (Å²) in [7, 11) is 0. The molecule has 1 aromatic carbocycles. The minimum atomic E-state index is 0.192. The summed E-state index contributed by atoms with van der Waals surface area (Å²) in [6, 6.07) is 7.18. The van der Waals surface area contributed by atoms with Crippen LogP contribution < -0.4 is 0 Å². The van der Waals surface area contributed by atoms with Gasteiger partial charge in [-0.3, -0.25) is 0 Å². The molecular weight excluding hydrogens is 250 g/mol. The molecule has 13 heavy (non-hydrogen) atoms. The largest absolute Gasteiger partial charge is 0.121 e. The van der Waals surface area contributed by atoms with Crippen LogP contribution in [0, 0.1) is 0 Å². The van der Waals surface area contributed by atoms with Crippen LogP contribution in [0.4, 0.5) is 0 Å². The lowest BCUT2D eigenvalue weighted by atomic mass is 10.1. The van der Waals surface area contributed by atoms with E-state index >= 15 is 0 Å². The molecule has 0 saturated carbocycles. The summed E-state index contributed by atoms with van der Waals surface area (Å²) in [5, 5.41) is 0.670. The Bertz CT molecular complexity index is 309. The monoisotopic (exact) mass is 254 g/mol. The lowest BCUT2D eigenvalue weighted by Crippen LogP contribution is -1.86. The van der Waals surface area contributed by atoms with E-state index in [0.717, 1.165) is 5.56 Å². The van der Waals surface area contributed by atoms with Crippen molar-refractivity contribution in [3.8, 4) is 0 Å². The van der Waals surface area contributed by atoms with Gasteiger partial charge in [0, 0.05) is 10.6 Å². The highest BCUT2D eigenvalue weighted by Crippen LogP contribution is 2.26. The van der Waals surface area contributed by atoms with Crippen molar-refractivity contribution in [2.45, 2.75) is 0 Å². The molecule has 0 amide bonds. The molecule has 0 atom stereocenters. The van der Waals surface area contributed by atoms with E-state index in [9.17, 15) is 0 Å². The minimum Gasteiger partial charge on any atom is -0.121 e. The quantitative estimate of drug-likeness (QED) is 0.671. The zero-order valence-corrected chi connectivity index (χ0v) is 9.55. The van der Waals surface area contributed by atoms with Crippen LogP contribution in [0.5, 0.6) is 0 Å². The molecule has 0 bridgehead atoms. The van der Waals surface area contributed by atoms with E-state index in [2.05, 4.69) is 0 Å². The Kier molecular flexibility index (Phi) is 4.40. The summed E-state index contributed by atoms with van der Waals surface area (Å²) in [6.45, 7) is 0. The topological polar surface area (TPSA) is 0 Å². The fourth-order valence-electron chi connectivity index (χ4n) is 0.888. The number of hydrogen-bond acceptors (Lipinski definition) is 0. The van der Waals surface area contributed by atoms with Crippen LogP contribution >= 0.6 is 46.4 Å². The van der Waals surface area contributed by atoms with E-state index in [-0.39, 0.29) is 10.4 Å². The molecule has 0 unspecified atom stereocenters. The number of alkyl halides is 1. The maximum Gasteiger partial charge on any atom is 0.111 e. The van der Waals surface area contributed by atoms with Crippen molar-refractivity contribution >= 4 is 52.0 Å². The van der Waals surface area contributed by atoms with Gasteiger partial charge in [-0.2, -0.15) is 0 Å². The highest BCUT2D eigenvalue weighted by atomic mass is 35.5. The zero-order valence-electron chi connectivity index (χ0n) is 6.53. The molecule has 0 heterocycles. The van der Waals surface area contributed by atoms with Crippen molar-refractivity contribution in [2.24, 2.45) is 0 Å². The summed E-state index contributed by atoms with van der Waals surface area (Å²) >= 11 is 22.7. The van der Waals surface area contributed by atoms with Gasteiger partial charge in [-0.25, -0.2) is 0 Å². The molecule has 0 aliphatic heterocycles. The van der Waals surface area contributed by atoms with E-state index in [4.69, 9.17) is 46.4 Å². The Hall–Kier alpha value is 0.120. The van der Waals surface area contributed by atoms with Crippen molar-refractivity contribution in [3.05, 3.63) is 39.3 Å². The van der Waals surface area contributed by atoms with Crippen molar-refractivity contribution in [3.63, 3.8) is 0 Å². The second kappa shape index (κ2) is 5.11. The van der Waals surface area contributed by atoms with Crippen molar-refractivity contribution in [2.75, 3.05) is 5.88 Å². The van der Waals surface area contributed by atoms with Gasteiger partial charge in [0.15, 0.2) is 0 Å². The summed E-state index contributed by atoms with van der Waals surface area (Å²) in [4.78, 5) is 0. The van der Waals surface area contributed by atoms with Gasteiger partial charge < -0.3 is 0 Å². The molecule has 0 aliphatic rings. The molecule has 0 aliphatic carbocycles. The summed E-state index contributed by atoms with van der Waals surface area (Å²) in [5.74, 6) is 0.282. The lowest BCUT2D eigenvalue weighted by Gasteiger charge is -2.03. The van der Waals surface area contributed by atoms with Crippen LogP contribution in [0.3, 0.4) is 0 Å². The summed E-state index contributed by atoms with van der Waals surface area (Å²) < 4.78 is 0.192. The molecule has 0 aromatic heterocycles. The van der Waals surface area contributed by atoms with Crippen LogP contribution in [0.25, 0.3) is 5.57 Å². The third-order valence-electron chi connectivity index (χ3n) is 1.55. The van der Waals surface area contributed by atoms with E-state index < -0.39 is 0 Å². The summed E-state index contributed by atoms with van der Waals surface area (Å²) in [6.07, 6.45) is 0. The minimum absolute atomic E-state index is 0.192.